The maximum Gasteiger partial charge on any atom is 0.0713 e. The summed E-state index contributed by atoms with van der Waals surface area (Å²) in [6, 6.07) is 0.563. The molecule has 0 aromatic heterocycles. The lowest BCUT2D eigenvalue weighted by Crippen LogP contribution is -2.50. The van der Waals surface area contributed by atoms with E-state index in [9.17, 15) is 5.11 Å². The van der Waals surface area contributed by atoms with Gasteiger partial charge in [0, 0.05) is 31.2 Å². The Bertz CT molecular complexity index is 259. The Labute approximate surface area is 115 Å². The third-order valence-corrected chi connectivity index (χ3v) is 5.18. The molecule has 1 unspecified atom stereocenters. The predicted molar refractivity (Wildman–Crippen MR) is 77.1 cm³/mol. The highest BCUT2D eigenvalue weighted by Crippen LogP contribution is 2.37. The van der Waals surface area contributed by atoms with Crippen LogP contribution in [-0.4, -0.2) is 48.0 Å². The molecule has 1 atom stereocenters. The fourth-order valence-electron chi connectivity index (χ4n) is 2.77. The highest BCUT2D eigenvalue weighted by Gasteiger charge is 2.38. The highest BCUT2D eigenvalue weighted by molar-refractivity contribution is 7.99. The standard InChI is InChI=1S/C14H27NO2S/c1-13(2,11-16)10-15-12-3-6-17-14(9-12)4-7-18-8-5-14/h12,15-16H,3-11H2,1-2H3. The molecule has 106 valence electrons. The minimum absolute atomic E-state index is 0.0200. The van der Waals surface area contributed by atoms with Gasteiger partial charge in [0.1, 0.15) is 0 Å². The number of hydrogen-bond donors (Lipinski definition) is 2. The molecule has 2 heterocycles. The number of nitrogens with one attached hydrogen (secondary N) is 1. The molecule has 0 aromatic rings. The van der Waals surface area contributed by atoms with Crippen LogP contribution in [0.4, 0.5) is 0 Å². The molecule has 4 heteroatoms. The number of thioether (sulfide) groups is 1. The zero-order chi connectivity index (χ0) is 13.1. The lowest BCUT2D eigenvalue weighted by Gasteiger charge is -2.44. The quantitative estimate of drug-likeness (QED) is 0.822. The van der Waals surface area contributed by atoms with Gasteiger partial charge in [-0.25, -0.2) is 0 Å². The average Bonchev–Trinajstić information content (AvgIpc) is 2.38. The molecule has 0 aliphatic carbocycles. The van der Waals surface area contributed by atoms with Crippen molar-refractivity contribution in [2.24, 2.45) is 5.41 Å². The zero-order valence-electron chi connectivity index (χ0n) is 11.7. The van der Waals surface area contributed by atoms with Crippen molar-refractivity contribution >= 4 is 11.8 Å². The van der Waals surface area contributed by atoms with Gasteiger partial charge in [-0.1, -0.05) is 13.8 Å². The Morgan fingerprint density at radius 1 is 1.39 bits per heavy atom. The molecule has 0 radical (unpaired) electrons. The summed E-state index contributed by atoms with van der Waals surface area (Å²) in [6.07, 6.45) is 4.67. The minimum Gasteiger partial charge on any atom is -0.396 e. The molecule has 2 N–H and O–H groups in total. The minimum atomic E-state index is -0.0200. The van der Waals surface area contributed by atoms with Crippen molar-refractivity contribution in [3.8, 4) is 0 Å². The monoisotopic (exact) mass is 273 g/mol. The van der Waals surface area contributed by atoms with E-state index < -0.39 is 0 Å². The Hall–Kier alpha value is 0.230. The zero-order valence-corrected chi connectivity index (χ0v) is 12.5. The van der Waals surface area contributed by atoms with Gasteiger partial charge in [-0.2, -0.15) is 11.8 Å². The van der Waals surface area contributed by atoms with E-state index >= 15 is 0 Å². The normalized spacial score (nSPS) is 28.5. The van der Waals surface area contributed by atoms with Gasteiger partial charge in [-0.15, -0.1) is 0 Å². The van der Waals surface area contributed by atoms with Crippen LogP contribution in [-0.2, 0) is 4.74 Å². The van der Waals surface area contributed by atoms with Crippen LogP contribution in [0.15, 0.2) is 0 Å². The van der Waals surface area contributed by atoms with Crippen molar-refractivity contribution < 1.29 is 9.84 Å². The van der Waals surface area contributed by atoms with Crippen LogP contribution in [0.5, 0.6) is 0 Å². The van der Waals surface area contributed by atoms with E-state index in [1.165, 1.54) is 24.3 Å². The van der Waals surface area contributed by atoms with Gasteiger partial charge >= 0.3 is 0 Å². The first-order valence-corrected chi connectivity index (χ1v) is 8.27. The van der Waals surface area contributed by atoms with E-state index in [0.29, 0.717) is 6.04 Å². The Balaban J connectivity index is 1.83. The number of aliphatic hydroxyl groups excluding tert-OH is 1. The molecule has 18 heavy (non-hydrogen) atoms. The second-order valence-electron chi connectivity index (χ2n) is 6.54. The van der Waals surface area contributed by atoms with Crippen molar-refractivity contribution in [1.82, 2.24) is 5.32 Å². The summed E-state index contributed by atoms with van der Waals surface area (Å²) in [5.74, 6) is 2.49. The largest absolute Gasteiger partial charge is 0.396 e. The molecule has 1 spiro atoms. The third-order valence-electron chi connectivity index (χ3n) is 4.19. The molecule has 0 saturated carbocycles. The van der Waals surface area contributed by atoms with Crippen LogP contribution in [0, 0.1) is 5.41 Å². The van der Waals surface area contributed by atoms with E-state index in [2.05, 4.69) is 30.9 Å². The predicted octanol–water partition coefficient (Wildman–Crippen LogP) is 2.04. The molecule has 0 aromatic carbocycles. The summed E-state index contributed by atoms with van der Waals surface area (Å²) in [6.45, 7) is 6.23. The maximum absolute atomic E-state index is 9.30. The van der Waals surface area contributed by atoms with Gasteiger partial charge in [0.15, 0.2) is 0 Å². The van der Waals surface area contributed by atoms with Crippen molar-refractivity contribution in [2.45, 2.75) is 51.2 Å². The van der Waals surface area contributed by atoms with Crippen LogP contribution in [0.25, 0.3) is 0 Å². The number of aliphatic hydroxyl groups is 1. The first kappa shape index (κ1) is 14.6. The van der Waals surface area contributed by atoms with Crippen LogP contribution >= 0.6 is 11.8 Å². The number of rotatable bonds is 4. The highest BCUT2D eigenvalue weighted by atomic mass is 32.2. The molecule has 3 nitrogen and oxygen atoms in total. The lowest BCUT2D eigenvalue weighted by molar-refractivity contribution is -0.0940. The summed E-state index contributed by atoms with van der Waals surface area (Å²) in [4.78, 5) is 0. The molecular formula is C14H27NO2S. The summed E-state index contributed by atoms with van der Waals surface area (Å²) in [5, 5.41) is 12.9. The Kier molecular flexibility index (Phi) is 4.98. The van der Waals surface area contributed by atoms with Gasteiger partial charge in [0.25, 0.3) is 0 Å². The molecular weight excluding hydrogens is 246 g/mol. The number of ether oxygens (including phenoxy) is 1. The van der Waals surface area contributed by atoms with Crippen molar-refractivity contribution in [3.63, 3.8) is 0 Å². The summed E-state index contributed by atoms with van der Waals surface area (Å²) < 4.78 is 6.09. The molecule has 2 rings (SSSR count). The molecule has 2 saturated heterocycles. The van der Waals surface area contributed by atoms with Crippen LogP contribution < -0.4 is 5.32 Å². The molecule has 2 aliphatic rings. The molecule has 0 amide bonds. The first-order chi connectivity index (χ1) is 8.55. The van der Waals surface area contributed by atoms with Crippen molar-refractivity contribution in [1.29, 1.82) is 0 Å². The SMILES string of the molecule is CC(C)(CO)CNC1CCOC2(CCSCC2)C1. The van der Waals surface area contributed by atoms with E-state index in [0.717, 1.165) is 26.0 Å². The van der Waals surface area contributed by atoms with E-state index in [1.807, 2.05) is 0 Å². The van der Waals surface area contributed by atoms with E-state index in [1.54, 1.807) is 0 Å². The summed E-state index contributed by atoms with van der Waals surface area (Å²) in [7, 11) is 0. The summed E-state index contributed by atoms with van der Waals surface area (Å²) >= 11 is 2.05. The van der Waals surface area contributed by atoms with E-state index in [-0.39, 0.29) is 17.6 Å². The second kappa shape index (κ2) is 6.12. The third kappa shape index (κ3) is 3.86. The van der Waals surface area contributed by atoms with Gasteiger partial charge < -0.3 is 15.2 Å². The van der Waals surface area contributed by atoms with Gasteiger partial charge in [-0.05, 0) is 37.2 Å². The Morgan fingerprint density at radius 2 is 2.11 bits per heavy atom. The summed E-state index contributed by atoms with van der Waals surface area (Å²) in [5.41, 5.74) is 0.137. The van der Waals surface area contributed by atoms with Crippen LogP contribution in [0.1, 0.15) is 39.5 Å². The topological polar surface area (TPSA) is 41.5 Å². The fourth-order valence-corrected chi connectivity index (χ4v) is 4.01. The van der Waals surface area contributed by atoms with Crippen molar-refractivity contribution in [3.05, 3.63) is 0 Å². The Morgan fingerprint density at radius 3 is 2.78 bits per heavy atom. The average molecular weight is 273 g/mol. The van der Waals surface area contributed by atoms with Crippen LogP contribution in [0.2, 0.25) is 0 Å². The molecule has 0 bridgehead atoms. The first-order valence-electron chi connectivity index (χ1n) is 7.11. The second-order valence-corrected chi connectivity index (χ2v) is 7.76. The van der Waals surface area contributed by atoms with Crippen LogP contribution in [0.3, 0.4) is 0 Å². The smallest absolute Gasteiger partial charge is 0.0713 e. The maximum atomic E-state index is 9.30. The van der Waals surface area contributed by atoms with Crippen molar-refractivity contribution in [2.75, 3.05) is 31.3 Å². The van der Waals surface area contributed by atoms with Gasteiger partial charge in [0.05, 0.1) is 5.60 Å². The van der Waals surface area contributed by atoms with Gasteiger partial charge in [0.2, 0.25) is 0 Å². The molecule has 2 fully saturated rings. The molecule has 2 aliphatic heterocycles. The van der Waals surface area contributed by atoms with E-state index in [4.69, 9.17) is 4.74 Å². The fraction of sp³-hybridized carbons (Fsp3) is 1.00. The lowest BCUT2D eigenvalue weighted by atomic mass is 9.85. The number of hydrogen-bond acceptors (Lipinski definition) is 4. The van der Waals surface area contributed by atoms with Gasteiger partial charge in [-0.3, -0.25) is 0 Å².